The van der Waals surface area contributed by atoms with Gasteiger partial charge in [0.15, 0.2) is 0 Å². The number of benzene rings is 1. The van der Waals surface area contributed by atoms with Crippen molar-refractivity contribution in [3.8, 4) is 0 Å². The first kappa shape index (κ1) is 13.6. The van der Waals surface area contributed by atoms with Gasteiger partial charge in [0.1, 0.15) is 0 Å². The molecule has 0 bridgehead atoms. The molecule has 1 N–H and O–H groups in total. The molecule has 100 valence electrons. The first-order chi connectivity index (χ1) is 9.20. The van der Waals surface area contributed by atoms with Crippen LogP contribution in [0.1, 0.15) is 35.1 Å². The Kier molecular flexibility index (Phi) is 4.58. The molecule has 0 aliphatic rings. The lowest BCUT2D eigenvalue weighted by Crippen LogP contribution is -2.06. The summed E-state index contributed by atoms with van der Waals surface area (Å²) in [4.78, 5) is 12.8. The van der Waals surface area contributed by atoms with Crippen LogP contribution in [0.3, 0.4) is 0 Å². The van der Waals surface area contributed by atoms with E-state index in [0.29, 0.717) is 12.2 Å². The predicted molar refractivity (Wildman–Crippen MR) is 78.8 cm³/mol. The topological polar surface area (TPSA) is 38.3 Å². The molecule has 1 aromatic heterocycles. The molecule has 0 aliphatic carbocycles. The summed E-state index contributed by atoms with van der Waals surface area (Å²) < 4.78 is 4.95. The van der Waals surface area contributed by atoms with E-state index in [2.05, 4.69) is 23.7 Å². The highest BCUT2D eigenvalue weighted by molar-refractivity contribution is 7.10. The average molecular weight is 275 g/mol. The fourth-order valence-electron chi connectivity index (χ4n) is 1.78. The van der Waals surface area contributed by atoms with E-state index in [9.17, 15) is 4.79 Å². The summed E-state index contributed by atoms with van der Waals surface area (Å²) in [7, 11) is 0. The van der Waals surface area contributed by atoms with Gasteiger partial charge in [-0.15, -0.1) is 11.3 Å². The molecule has 0 saturated heterocycles. The molecule has 0 radical (unpaired) electrons. The number of hydrogen-bond acceptors (Lipinski definition) is 4. The van der Waals surface area contributed by atoms with Crippen LogP contribution in [0, 0.1) is 0 Å². The van der Waals surface area contributed by atoms with Gasteiger partial charge in [-0.2, -0.15) is 0 Å². The Morgan fingerprint density at radius 3 is 2.63 bits per heavy atom. The van der Waals surface area contributed by atoms with Crippen molar-refractivity contribution in [2.24, 2.45) is 0 Å². The van der Waals surface area contributed by atoms with Crippen molar-refractivity contribution in [3.63, 3.8) is 0 Å². The second-order valence-electron chi connectivity index (χ2n) is 4.18. The van der Waals surface area contributed by atoms with Crippen LogP contribution in [-0.4, -0.2) is 12.6 Å². The van der Waals surface area contributed by atoms with Crippen molar-refractivity contribution in [2.75, 3.05) is 11.9 Å². The van der Waals surface area contributed by atoms with Crippen molar-refractivity contribution < 1.29 is 9.53 Å². The van der Waals surface area contributed by atoms with Crippen LogP contribution < -0.4 is 5.32 Å². The van der Waals surface area contributed by atoms with E-state index in [0.717, 1.165) is 5.69 Å². The molecule has 0 amide bonds. The van der Waals surface area contributed by atoms with E-state index in [1.807, 2.05) is 18.2 Å². The summed E-state index contributed by atoms with van der Waals surface area (Å²) in [5.41, 5.74) is 1.57. The van der Waals surface area contributed by atoms with Crippen molar-refractivity contribution in [2.45, 2.75) is 19.9 Å². The van der Waals surface area contributed by atoms with E-state index >= 15 is 0 Å². The highest BCUT2D eigenvalue weighted by Gasteiger charge is 2.08. The van der Waals surface area contributed by atoms with Crippen LogP contribution in [0.25, 0.3) is 0 Å². The van der Waals surface area contributed by atoms with Crippen LogP contribution >= 0.6 is 11.3 Å². The first-order valence-electron chi connectivity index (χ1n) is 6.28. The van der Waals surface area contributed by atoms with E-state index in [1.165, 1.54) is 4.88 Å². The third-order valence-electron chi connectivity index (χ3n) is 2.75. The molecule has 0 fully saturated rings. The van der Waals surface area contributed by atoms with Crippen LogP contribution in [0.15, 0.2) is 41.8 Å². The van der Waals surface area contributed by atoms with Gasteiger partial charge in [0.25, 0.3) is 0 Å². The third-order valence-corrected chi connectivity index (χ3v) is 3.80. The molecular weight excluding hydrogens is 258 g/mol. The molecule has 1 heterocycles. The molecule has 2 rings (SSSR count). The Balaban J connectivity index is 2.01. The lowest BCUT2D eigenvalue weighted by atomic mass is 10.2. The largest absolute Gasteiger partial charge is 0.462 e. The molecule has 2 aromatic rings. The van der Waals surface area contributed by atoms with E-state index in [-0.39, 0.29) is 12.0 Å². The smallest absolute Gasteiger partial charge is 0.338 e. The highest BCUT2D eigenvalue weighted by atomic mass is 32.1. The van der Waals surface area contributed by atoms with Gasteiger partial charge in [-0.05, 0) is 49.6 Å². The van der Waals surface area contributed by atoms with Crippen molar-refractivity contribution >= 4 is 23.0 Å². The van der Waals surface area contributed by atoms with Crippen molar-refractivity contribution in [1.82, 2.24) is 0 Å². The van der Waals surface area contributed by atoms with Crippen LogP contribution in [0.2, 0.25) is 0 Å². The molecule has 3 nitrogen and oxygen atoms in total. The number of hydrogen-bond donors (Lipinski definition) is 1. The number of rotatable bonds is 5. The van der Waals surface area contributed by atoms with Gasteiger partial charge in [-0.1, -0.05) is 6.07 Å². The maximum absolute atomic E-state index is 11.5. The lowest BCUT2D eigenvalue weighted by Gasteiger charge is -2.13. The number of carbonyl (C=O) groups excluding carboxylic acids is 1. The molecule has 0 saturated carbocycles. The monoisotopic (exact) mass is 275 g/mol. The molecule has 0 aliphatic heterocycles. The second-order valence-corrected chi connectivity index (χ2v) is 5.16. The summed E-state index contributed by atoms with van der Waals surface area (Å²) >= 11 is 1.73. The second kappa shape index (κ2) is 6.38. The van der Waals surface area contributed by atoms with Gasteiger partial charge in [0.2, 0.25) is 0 Å². The van der Waals surface area contributed by atoms with Crippen LogP contribution in [-0.2, 0) is 4.74 Å². The van der Waals surface area contributed by atoms with Gasteiger partial charge in [-0.3, -0.25) is 0 Å². The summed E-state index contributed by atoms with van der Waals surface area (Å²) in [5, 5.41) is 5.47. The van der Waals surface area contributed by atoms with E-state index in [4.69, 9.17) is 4.74 Å². The van der Waals surface area contributed by atoms with Gasteiger partial charge < -0.3 is 10.1 Å². The fraction of sp³-hybridized carbons (Fsp3) is 0.267. The fourth-order valence-corrected chi connectivity index (χ4v) is 2.51. The standard InChI is InChI=1S/C15H17NO2S/c1-3-18-15(17)12-6-8-13(9-7-12)16-11(2)14-5-4-10-19-14/h4-11,16H,3H2,1-2H3. The molecule has 1 aromatic carbocycles. The average Bonchev–Trinajstić information content (AvgIpc) is 2.94. The summed E-state index contributed by atoms with van der Waals surface area (Å²) in [6.07, 6.45) is 0. The highest BCUT2D eigenvalue weighted by Crippen LogP contribution is 2.23. The zero-order valence-corrected chi connectivity index (χ0v) is 11.9. The van der Waals surface area contributed by atoms with E-state index in [1.54, 1.807) is 30.4 Å². The Labute approximate surface area is 117 Å². The Morgan fingerprint density at radius 1 is 1.32 bits per heavy atom. The van der Waals surface area contributed by atoms with Crippen LogP contribution in [0.5, 0.6) is 0 Å². The van der Waals surface area contributed by atoms with Crippen molar-refractivity contribution in [1.29, 1.82) is 0 Å². The van der Waals surface area contributed by atoms with Gasteiger partial charge in [-0.25, -0.2) is 4.79 Å². The first-order valence-corrected chi connectivity index (χ1v) is 7.15. The zero-order chi connectivity index (χ0) is 13.7. The minimum Gasteiger partial charge on any atom is -0.462 e. The number of thiophene rings is 1. The number of esters is 1. The van der Waals surface area contributed by atoms with Gasteiger partial charge in [0, 0.05) is 10.6 Å². The third kappa shape index (κ3) is 3.58. The van der Waals surface area contributed by atoms with Gasteiger partial charge in [0.05, 0.1) is 18.2 Å². The zero-order valence-electron chi connectivity index (χ0n) is 11.1. The number of anilines is 1. The summed E-state index contributed by atoms with van der Waals surface area (Å²) in [6.45, 7) is 4.32. The van der Waals surface area contributed by atoms with Crippen molar-refractivity contribution in [3.05, 3.63) is 52.2 Å². The summed E-state index contributed by atoms with van der Waals surface area (Å²) in [5.74, 6) is -0.277. The maximum atomic E-state index is 11.5. The molecule has 19 heavy (non-hydrogen) atoms. The van der Waals surface area contributed by atoms with E-state index < -0.39 is 0 Å². The number of ether oxygens (including phenoxy) is 1. The normalized spacial score (nSPS) is 11.9. The Morgan fingerprint density at radius 2 is 2.05 bits per heavy atom. The Bertz CT molecular complexity index is 520. The quantitative estimate of drug-likeness (QED) is 0.835. The number of carbonyl (C=O) groups is 1. The lowest BCUT2D eigenvalue weighted by molar-refractivity contribution is 0.0526. The molecule has 0 spiro atoms. The molecular formula is C15H17NO2S. The van der Waals surface area contributed by atoms with Crippen LogP contribution in [0.4, 0.5) is 5.69 Å². The maximum Gasteiger partial charge on any atom is 0.338 e. The van der Waals surface area contributed by atoms with Gasteiger partial charge >= 0.3 is 5.97 Å². The Hall–Kier alpha value is -1.81. The SMILES string of the molecule is CCOC(=O)c1ccc(NC(C)c2cccs2)cc1. The minimum absolute atomic E-state index is 0.258. The minimum atomic E-state index is -0.277. The number of nitrogens with one attached hydrogen (secondary N) is 1. The molecule has 1 unspecified atom stereocenters. The summed E-state index contributed by atoms with van der Waals surface area (Å²) in [6, 6.07) is 11.8. The molecule has 4 heteroatoms. The molecule has 1 atom stereocenters. The predicted octanol–water partition coefficient (Wildman–Crippen LogP) is 4.10.